The summed E-state index contributed by atoms with van der Waals surface area (Å²) in [6.45, 7) is 6.17. The molecule has 0 spiro atoms. The van der Waals surface area contributed by atoms with Crippen molar-refractivity contribution in [3.8, 4) is 0 Å². The Bertz CT molecular complexity index is 542. The average Bonchev–Trinajstić information content (AvgIpc) is 2.58. The van der Waals surface area contributed by atoms with Gasteiger partial charge in [0.15, 0.2) is 0 Å². The lowest BCUT2D eigenvalue weighted by atomic mass is 10.2. The Balaban J connectivity index is 2.36. The lowest BCUT2D eigenvalue weighted by molar-refractivity contribution is 0.419. The molecule has 1 aromatic heterocycles. The van der Waals surface area contributed by atoms with Crippen molar-refractivity contribution in [1.82, 2.24) is 19.4 Å². The number of sulfonamides is 1. The number of hydrogen-bond acceptors (Lipinski definition) is 4. The van der Waals surface area contributed by atoms with Gasteiger partial charge in [-0.2, -0.15) is 5.10 Å². The molecule has 0 aliphatic carbocycles. The monoisotopic (exact) mass is 322 g/mol. The lowest BCUT2D eigenvalue weighted by Crippen LogP contribution is -2.32. The normalized spacial score (nSPS) is 12.3. The second-order valence-corrected chi connectivity index (χ2v) is 7.10. The Morgan fingerprint density at radius 1 is 1.45 bits per heavy atom. The van der Waals surface area contributed by atoms with Gasteiger partial charge in [0, 0.05) is 32.2 Å². The summed E-state index contributed by atoms with van der Waals surface area (Å²) in [7, 11) is -1.28. The topological polar surface area (TPSA) is 67.2 Å². The minimum Gasteiger partial charge on any atom is -0.312 e. The molecule has 20 heavy (non-hydrogen) atoms. The standard InChI is InChI=1S/C12H23ClN4O2S/c1-5-17(20(4,18)19)8-6-7-14-9-11-10(2)15-16(3)12(11)13/h14H,5-9H2,1-4H3. The van der Waals surface area contributed by atoms with Gasteiger partial charge >= 0.3 is 0 Å². The van der Waals surface area contributed by atoms with E-state index in [1.165, 1.54) is 10.6 Å². The van der Waals surface area contributed by atoms with E-state index in [0.717, 1.165) is 24.2 Å². The van der Waals surface area contributed by atoms with Gasteiger partial charge in [0.1, 0.15) is 5.15 Å². The molecule has 0 aliphatic rings. The van der Waals surface area contributed by atoms with Crippen LogP contribution in [0.15, 0.2) is 0 Å². The van der Waals surface area contributed by atoms with E-state index in [1.807, 2.05) is 20.9 Å². The highest BCUT2D eigenvalue weighted by atomic mass is 35.5. The third kappa shape index (κ3) is 4.73. The smallest absolute Gasteiger partial charge is 0.211 e. The van der Waals surface area contributed by atoms with Crippen LogP contribution < -0.4 is 5.32 Å². The fourth-order valence-electron chi connectivity index (χ4n) is 2.03. The average molecular weight is 323 g/mol. The molecule has 0 saturated carbocycles. The molecule has 1 aromatic rings. The van der Waals surface area contributed by atoms with Crippen molar-refractivity contribution < 1.29 is 8.42 Å². The summed E-state index contributed by atoms with van der Waals surface area (Å²) in [6.07, 6.45) is 2.00. The predicted molar refractivity (Wildman–Crippen MR) is 81.4 cm³/mol. The van der Waals surface area contributed by atoms with E-state index in [2.05, 4.69) is 10.4 Å². The van der Waals surface area contributed by atoms with Crippen LogP contribution in [0, 0.1) is 6.92 Å². The van der Waals surface area contributed by atoms with Crippen LogP contribution in [0.3, 0.4) is 0 Å². The van der Waals surface area contributed by atoms with Crippen molar-refractivity contribution in [2.75, 3.05) is 25.9 Å². The molecular weight excluding hydrogens is 300 g/mol. The van der Waals surface area contributed by atoms with Crippen LogP contribution in [-0.2, 0) is 23.6 Å². The van der Waals surface area contributed by atoms with Crippen molar-refractivity contribution in [2.45, 2.75) is 26.8 Å². The third-order valence-corrected chi connectivity index (χ3v) is 5.01. The highest BCUT2D eigenvalue weighted by Gasteiger charge is 2.13. The number of halogens is 1. The highest BCUT2D eigenvalue weighted by Crippen LogP contribution is 2.17. The highest BCUT2D eigenvalue weighted by molar-refractivity contribution is 7.88. The van der Waals surface area contributed by atoms with Gasteiger partial charge < -0.3 is 5.32 Å². The van der Waals surface area contributed by atoms with Crippen molar-refractivity contribution in [2.24, 2.45) is 7.05 Å². The van der Waals surface area contributed by atoms with E-state index >= 15 is 0 Å². The molecule has 0 aromatic carbocycles. The van der Waals surface area contributed by atoms with E-state index < -0.39 is 10.0 Å². The number of nitrogens with one attached hydrogen (secondary N) is 1. The summed E-state index contributed by atoms with van der Waals surface area (Å²) in [5, 5.41) is 8.15. The van der Waals surface area contributed by atoms with Gasteiger partial charge in [-0.05, 0) is 19.9 Å². The first kappa shape index (κ1) is 17.4. The van der Waals surface area contributed by atoms with E-state index in [1.54, 1.807) is 4.68 Å². The van der Waals surface area contributed by atoms with Crippen molar-refractivity contribution >= 4 is 21.6 Å². The molecule has 1 N–H and O–H groups in total. The zero-order valence-electron chi connectivity index (χ0n) is 12.5. The number of rotatable bonds is 8. The maximum Gasteiger partial charge on any atom is 0.211 e. The Kier molecular flexibility index (Phi) is 6.44. The van der Waals surface area contributed by atoms with Crippen molar-refractivity contribution in [1.29, 1.82) is 0 Å². The van der Waals surface area contributed by atoms with Crippen LogP contribution in [0.5, 0.6) is 0 Å². The molecule has 1 heterocycles. The Morgan fingerprint density at radius 2 is 2.10 bits per heavy atom. The van der Waals surface area contributed by atoms with Gasteiger partial charge in [-0.1, -0.05) is 18.5 Å². The predicted octanol–water partition coefficient (Wildman–Crippen LogP) is 1.14. The van der Waals surface area contributed by atoms with Crippen molar-refractivity contribution in [3.05, 3.63) is 16.4 Å². The molecule has 0 radical (unpaired) electrons. The Hall–Kier alpha value is -0.630. The summed E-state index contributed by atoms with van der Waals surface area (Å²) in [4.78, 5) is 0. The summed E-state index contributed by atoms with van der Waals surface area (Å²) in [5.41, 5.74) is 1.90. The molecule has 0 fully saturated rings. The van der Waals surface area contributed by atoms with Crippen LogP contribution in [-0.4, -0.2) is 48.4 Å². The van der Waals surface area contributed by atoms with Crippen LogP contribution in [0.4, 0.5) is 0 Å². The first-order valence-corrected chi connectivity index (χ1v) is 8.83. The van der Waals surface area contributed by atoms with Gasteiger partial charge in [0.05, 0.1) is 11.9 Å². The van der Waals surface area contributed by atoms with E-state index in [0.29, 0.717) is 24.8 Å². The Labute approximate surface area is 126 Å². The maximum absolute atomic E-state index is 11.4. The molecule has 0 aliphatic heterocycles. The molecule has 1 rings (SSSR count). The van der Waals surface area contributed by atoms with E-state index in [-0.39, 0.29) is 0 Å². The van der Waals surface area contributed by atoms with E-state index in [4.69, 9.17) is 11.6 Å². The number of hydrogen-bond donors (Lipinski definition) is 1. The maximum atomic E-state index is 11.4. The molecular formula is C12H23ClN4O2S. The molecule has 0 amide bonds. The second-order valence-electron chi connectivity index (χ2n) is 4.76. The molecule has 116 valence electrons. The van der Waals surface area contributed by atoms with Crippen LogP contribution >= 0.6 is 11.6 Å². The number of aryl methyl sites for hydroxylation is 2. The summed E-state index contributed by atoms with van der Waals surface area (Å²) in [5.74, 6) is 0. The zero-order chi connectivity index (χ0) is 15.3. The molecule has 0 atom stereocenters. The fourth-order valence-corrected chi connectivity index (χ4v) is 3.20. The number of aromatic nitrogens is 2. The molecule has 0 unspecified atom stereocenters. The van der Waals surface area contributed by atoms with Gasteiger partial charge in [0.2, 0.25) is 10.0 Å². The Morgan fingerprint density at radius 3 is 2.55 bits per heavy atom. The molecule has 0 bridgehead atoms. The van der Waals surface area contributed by atoms with Gasteiger partial charge in [-0.3, -0.25) is 4.68 Å². The fraction of sp³-hybridized carbons (Fsp3) is 0.750. The van der Waals surface area contributed by atoms with Gasteiger partial charge in [0.25, 0.3) is 0 Å². The third-order valence-electron chi connectivity index (χ3n) is 3.15. The summed E-state index contributed by atoms with van der Waals surface area (Å²) >= 11 is 6.13. The largest absolute Gasteiger partial charge is 0.312 e. The first-order chi connectivity index (χ1) is 9.27. The first-order valence-electron chi connectivity index (χ1n) is 6.61. The van der Waals surface area contributed by atoms with Crippen molar-refractivity contribution in [3.63, 3.8) is 0 Å². The van der Waals surface area contributed by atoms with Gasteiger partial charge in [-0.15, -0.1) is 0 Å². The summed E-state index contributed by atoms with van der Waals surface area (Å²) < 4.78 is 26.0. The van der Waals surface area contributed by atoms with Crippen LogP contribution in [0.1, 0.15) is 24.6 Å². The van der Waals surface area contributed by atoms with Crippen LogP contribution in [0.25, 0.3) is 0 Å². The second kappa shape index (κ2) is 7.40. The minimum absolute atomic E-state index is 0.506. The molecule has 8 heteroatoms. The zero-order valence-corrected chi connectivity index (χ0v) is 14.1. The lowest BCUT2D eigenvalue weighted by Gasteiger charge is -2.17. The molecule has 6 nitrogen and oxygen atoms in total. The van der Waals surface area contributed by atoms with Gasteiger partial charge in [-0.25, -0.2) is 12.7 Å². The SMILES string of the molecule is CCN(CCCNCc1c(C)nn(C)c1Cl)S(C)(=O)=O. The quantitative estimate of drug-likeness (QED) is 0.729. The van der Waals surface area contributed by atoms with Crippen LogP contribution in [0.2, 0.25) is 5.15 Å². The number of nitrogens with zero attached hydrogens (tertiary/aromatic N) is 3. The minimum atomic E-state index is -3.09. The molecule has 0 saturated heterocycles. The summed E-state index contributed by atoms with van der Waals surface area (Å²) in [6, 6.07) is 0. The van der Waals surface area contributed by atoms with E-state index in [9.17, 15) is 8.42 Å².